The Morgan fingerprint density at radius 3 is 2.62 bits per heavy atom. The highest BCUT2D eigenvalue weighted by molar-refractivity contribution is 5.31. The quantitative estimate of drug-likeness (QED) is 0.805. The molecule has 3 nitrogen and oxygen atoms in total. The molecular weight excluding hydrogens is 207 g/mol. The second-order valence-electron chi connectivity index (χ2n) is 3.75. The van der Waals surface area contributed by atoms with E-state index in [1.165, 1.54) is 6.07 Å². The van der Waals surface area contributed by atoms with Crippen LogP contribution in [0.15, 0.2) is 18.2 Å². The second-order valence-corrected chi connectivity index (χ2v) is 3.75. The summed E-state index contributed by atoms with van der Waals surface area (Å²) in [6, 6.07) is 4.81. The van der Waals surface area contributed by atoms with Crippen molar-refractivity contribution in [3.05, 3.63) is 29.6 Å². The molecular formula is C12H19FN2O. The number of hydrogen-bond donors (Lipinski definition) is 2. The van der Waals surface area contributed by atoms with E-state index in [1.54, 1.807) is 6.07 Å². The van der Waals surface area contributed by atoms with Gasteiger partial charge in [-0.2, -0.15) is 0 Å². The van der Waals surface area contributed by atoms with Crippen LogP contribution in [0, 0.1) is 5.82 Å². The summed E-state index contributed by atoms with van der Waals surface area (Å²) in [6.45, 7) is 4.17. The summed E-state index contributed by atoms with van der Waals surface area (Å²) < 4.78 is 18.7. The summed E-state index contributed by atoms with van der Waals surface area (Å²) in [5.74, 6) is -0.0639. The molecule has 2 atom stereocenters. The highest BCUT2D eigenvalue weighted by atomic mass is 19.1. The monoisotopic (exact) mass is 226 g/mol. The van der Waals surface area contributed by atoms with Gasteiger partial charge in [0.05, 0.1) is 6.61 Å². The van der Waals surface area contributed by atoms with Crippen LogP contribution >= 0.6 is 0 Å². The van der Waals surface area contributed by atoms with Crippen LogP contribution in [0.25, 0.3) is 0 Å². The Hall–Kier alpha value is -1.13. The van der Waals surface area contributed by atoms with Gasteiger partial charge in [0, 0.05) is 12.1 Å². The van der Waals surface area contributed by atoms with Crippen molar-refractivity contribution in [1.82, 2.24) is 5.32 Å². The lowest BCUT2D eigenvalue weighted by molar-refractivity contribution is 0.321. The normalized spacial score (nSPS) is 14.6. The Bertz CT molecular complexity index is 342. The molecule has 0 amide bonds. The molecule has 0 bridgehead atoms. The van der Waals surface area contributed by atoms with Gasteiger partial charge in [0.25, 0.3) is 0 Å². The Balaban J connectivity index is 2.95. The summed E-state index contributed by atoms with van der Waals surface area (Å²) in [4.78, 5) is 0. The van der Waals surface area contributed by atoms with E-state index < -0.39 is 0 Å². The number of ether oxygens (including phenoxy) is 1. The van der Waals surface area contributed by atoms with Crippen molar-refractivity contribution in [2.75, 3.05) is 13.7 Å². The first-order valence-electron chi connectivity index (χ1n) is 5.45. The van der Waals surface area contributed by atoms with Gasteiger partial charge in [-0.25, -0.2) is 4.39 Å². The van der Waals surface area contributed by atoms with Gasteiger partial charge in [0.15, 0.2) is 11.6 Å². The van der Waals surface area contributed by atoms with Gasteiger partial charge in [0.2, 0.25) is 0 Å². The van der Waals surface area contributed by atoms with Crippen LogP contribution in [-0.4, -0.2) is 19.7 Å². The zero-order valence-corrected chi connectivity index (χ0v) is 9.96. The van der Waals surface area contributed by atoms with Crippen LogP contribution in [0.5, 0.6) is 5.75 Å². The van der Waals surface area contributed by atoms with E-state index in [2.05, 4.69) is 5.32 Å². The molecule has 0 aliphatic carbocycles. The maximum atomic E-state index is 13.6. The predicted octanol–water partition coefficient (Wildman–Crippen LogP) is 1.83. The molecule has 1 aromatic rings. The number of benzene rings is 1. The third kappa shape index (κ3) is 2.93. The first-order chi connectivity index (χ1) is 7.60. The molecule has 0 aliphatic rings. The molecule has 0 aliphatic heterocycles. The Morgan fingerprint density at radius 2 is 2.19 bits per heavy atom. The van der Waals surface area contributed by atoms with Crippen molar-refractivity contribution < 1.29 is 9.13 Å². The third-order valence-electron chi connectivity index (χ3n) is 2.45. The average Bonchev–Trinajstić information content (AvgIpc) is 2.22. The fourth-order valence-corrected chi connectivity index (χ4v) is 1.72. The maximum Gasteiger partial charge on any atom is 0.165 e. The van der Waals surface area contributed by atoms with E-state index in [-0.39, 0.29) is 23.7 Å². The molecule has 0 heterocycles. The van der Waals surface area contributed by atoms with Crippen LogP contribution in [-0.2, 0) is 0 Å². The SMILES string of the molecule is CCOc1ccc(C(NC)C(C)N)cc1F. The number of hydrogen-bond acceptors (Lipinski definition) is 3. The van der Waals surface area contributed by atoms with Crippen molar-refractivity contribution >= 4 is 0 Å². The maximum absolute atomic E-state index is 13.6. The molecule has 90 valence electrons. The highest BCUT2D eigenvalue weighted by Gasteiger charge is 2.15. The standard InChI is InChI=1S/C12H19FN2O/c1-4-16-11-6-5-9(7-10(11)13)12(15-3)8(2)14/h5-8,12,15H,4,14H2,1-3H3. The number of likely N-dealkylation sites (N-methyl/N-ethyl adjacent to an activating group) is 1. The molecule has 0 fully saturated rings. The zero-order chi connectivity index (χ0) is 12.1. The van der Waals surface area contributed by atoms with Crippen molar-refractivity contribution in [1.29, 1.82) is 0 Å². The number of halogens is 1. The van der Waals surface area contributed by atoms with Gasteiger partial charge < -0.3 is 15.8 Å². The van der Waals surface area contributed by atoms with Crippen molar-refractivity contribution in [3.8, 4) is 5.75 Å². The second kappa shape index (κ2) is 5.82. The summed E-state index contributed by atoms with van der Waals surface area (Å²) in [5, 5.41) is 3.06. The van der Waals surface area contributed by atoms with E-state index >= 15 is 0 Å². The van der Waals surface area contributed by atoms with E-state index in [0.717, 1.165) is 5.56 Å². The van der Waals surface area contributed by atoms with Crippen LogP contribution in [0.4, 0.5) is 4.39 Å². The third-order valence-corrected chi connectivity index (χ3v) is 2.45. The molecule has 4 heteroatoms. The van der Waals surface area contributed by atoms with E-state index in [4.69, 9.17) is 10.5 Å². The Morgan fingerprint density at radius 1 is 1.50 bits per heavy atom. The van der Waals surface area contributed by atoms with Crippen molar-refractivity contribution in [2.45, 2.75) is 25.9 Å². The lowest BCUT2D eigenvalue weighted by Crippen LogP contribution is -2.33. The summed E-state index contributed by atoms with van der Waals surface area (Å²) >= 11 is 0. The minimum absolute atomic E-state index is 0.0508. The zero-order valence-electron chi connectivity index (χ0n) is 9.96. The fourth-order valence-electron chi connectivity index (χ4n) is 1.72. The molecule has 16 heavy (non-hydrogen) atoms. The van der Waals surface area contributed by atoms with Crippen LogP contribution in [0.3, 0.4) is 0 Å². The summed E-state index contributed by atoms with van der Waals surface area (Å²) in [5.41, 5.74) is 6.64. The van der Waals surface area contributed by atoms with Gasteiger partial charge in [-0.1, -0.05) is 6.07 Å². The molecule has 2 unspecified atom stereocenters. The van der Waals surface area contributed by atoms with Crippen LogP contribution < -0.4 is 15.8 Å². The number of nitrogens with two attached hydrogens (primary N) is 1. The molecule has 0 saturated heterocycles. The highest BCUT2D eigenvalue weighted by Crippen LogP contribution is 2.23. The van der Waals surface area contributed by atoms with Crippen LogP contribution in [0.2, 0.25) is 0 Å². The topological polar surface area (TPSA) is 47.3 Å². The van der Waals surface area contributed by atoms with Gasteiger partial charge in [-0.05, 0) is 38.6 Å². The predicted molar refractivity (Wildman–Crippen MR) is 63.0 cm³/mol. The smallest absolute Gasteiger partial charge is 0.165 e. The molecule has 1 aromatic carbocycles. The van der Waals surface area contributed by atoms with Gasteiger partial charge >= 0.3 is 0 Å². The Labute approximate surface area is 95.8 Å². The summed E-state index contributed by atoms with van der Waals surface area (Å²) in [6.07, 6.45) is 0. The number of nitrogens with one attached hydrogen (secondary N) is 1. The van der Waals surface area contributed by atoms with Gasteiger partial charge in [-0.15, -0.1) is 0 Å². The van der Waals surface area contributed by atoms with E-state index in [9.17, 15) is 4.39 Å². The fraction of sp³-hybridized carbons (Fsp3) is 0.500. The Kier molecular flexibility index (Phi) is 4.71. The molecule has 0 spiro atoms. The lowest BCUT2D eigenvalue weighted by Gasteiger charge is -2.21. The van der Waals surface area contributed by atoms with E-state index in [0.29, 0.717) is 6.61 Å². The van der Waals surface area contributed by atoms with Crippen molar-refractivity contribution in [2.24, 2.45) is 5.73 Å². The molecule has 3 N–H and O–H groups in total. The lowest BCUT2D eigenvalue weighted by atomic mass is 10.0. The largest absolute Gasteiger partial charge is 0.491 e. The van der Waals surface area contributed by atoms with E-state index in [1.807, 2.05) is 27.0 Å². The van der Waals surface area contributed by atoms with Crippen LogP contribution in [0.1, 0.15) is 25.5 Å². The minimum atomic E-state index is -0.347. The first-order valence-corrected chi connectivity index (χ1v) is 5.45. The first kappa shape index (κ1) is 12.9. The molecule has 1 rings (SSSR count). The molecule has 0 aromatic heterocycles. The number of rotatable bonds is 5. The van der Waals surface area contributed by atoms with Crippen molar-refractivity contribution in [3.63, 3.8) is 0 Å². The van der Waals surface area contributed by atoms with Gasteiger partial charge in [0.1, 0.15) is 0 Å². The average molecular weight is 226 g/mol. The summed E-state index contributed by atoms with van der Waals surface area (Å²) in [7, 11) is 1.81. The molecule has 0 saturated carbocycles. The minimum Gasteiger partial charge on any atom is -0.491 e. The molecule has 0 radical (unpaired) electrons. The van der Waals surface area contributed by atoms with Gasteiger partial charge in [-0.3, -0.25) is 0 Å².